The number of hydrogen-bond donors (Lipinski definition) is 2. The maximum Gasteiger partial charge on any atom is 0.341 e. The Labute approximate surface area is 138 Å². The number of carbonyl (C=O) groups is 2. The van der Waals surface area contributed by atoms with Crippen molar-refractivity contribution in [1.82, 2.24) is 10.3 Å². The number of amides is 2. The Morgan fingerprint density at radius 1 is 1.35 bits per heavy atom. The Balaban J connectivity index is 5.09. The third kappa shape index (κ3) is 6.75. The number of methoxy groups -OCH3 is 3. The molecule has 23 heavy (non-hydrogen) atoms. The van der Waals surface area contributed by atoms with E-state index in [-0.39, 0.29) is 19.0 Å². The lowest BCUT2D eigenvalue weighted by molar-refractivity contribution is -0.131. The highest BCUT2D eigenvalue weighted by Gasteiger charge is 2.36. The number of hydrogen-bond acceptors (Lipinski definition) is 8. The number of aliphatic hydroxyl groups is 1. The van der Waals surface area contributed by atoms with Crippen LogP contribution in [0.3, 0.4) is 0 Å². The standard InChI is InChI=1S/C12H22ClN3O7/c1-21-7-9(18)11(23-3)10(22-2)8(6-17)14-12(19)16(15-20)5-4-13/h6,8-11,18H,4-5,7H2,1-3H3,(H,14,19). The molecule has 4 unspecified atom stereocenters. The number of rotatable bonds is 12. The van der Waals surface area contributed by atoms with E-state index in [1.54, 1.807) is 0 Å². The van der Waals surface area contributed by atoms with E-state index in [0.717, 1.165) is 0 Å². The molecule has 0 saturated heterocycles. The van der Waals surface area contributed by atoms with Gasteiger partial charge in [-0.25, -0.2) is 4.79 Å². The Morgan fingerprint density at radius 3 is 2.35 bits per heavy atom. The van der Waals surface area contributed by atoms with Crippen molar-refractivity contribution in [1.29, 1.82) is 0 Å². The van der Waals surface area contributed by atoms with E-state index < -0.39 is 30.4 Å². The smallest absolute Gasteiger partial charge is 0.341 e. The number of halogens is 1. The van der Waals surface area contributed by atoms with Gasteiger partial charge in [-0.3, -0.25) is 0 Å². The molecule has 0 bridgehead atoms. The van der Waals surface area contributed by atoms with Crippen LogP contribution in [0.2, 0.25) is 0 Å². The van der Waals surface area contributed by atoms with Gasteiger partial charge in [-0.15, -0.1) is 16.5 Å². The zero-order valence-corrected chi connectivity index (χ0v) is 13.9. The molecule has 0 aromatic rings. The van der Waals surface area contributed by atoms with E-state index in [1.165, 1.54) is 21.3 Å². The summed E-state index contributed by atoms with van der Waals surface area (Å²) in [6, 6.07) is -2.11. The summed E-state index contributed by atoms with van der Waals surface area (Å²) in [6.07, 6.45) is -2.67. The van der Waals surface area contributed by atoms with Gasteiger partial charge in [0.2, 0.25) is 0 Å². The highest BCUT2D eigenvalue weighted by molar-refractivity contribution is 6.18. The monoisotopic (exact) mass is 355 g/mol. The van der Waals surface area contributed by atoms with Crippen LogP contribution in [0.5, 0.6) is 0 Å². The third-order valence-electron chi connectivity index (χ3n) is 3.00. The van der Waals surface area contributed by atoms with Crippen LogP contribution in [0.1, 0.15) is 0 Å². The van der Waals surface area contributed by atoms with E-state index in [1.807, 2.05) is 0 Å². The minimum absolute atomic E-state index is 0.00806. The first kappa shape index (κ1) is 21.7. The molecular weight excluding hydrogens is 334 g/mol. The van der Waals surface area contributed by atoms with Gasteiger partial charge >= 0.3 is 6.03 Å². The van der Waals surface area contributed by atoms with Crippen LogP contribution in [-0.4, -0.2) is 87.1 Å². The second-order valence-corrected chi connectivity index (χ2v) is 4.81. The highest BCUT2D eigenvalue weighted by Crippen LogP contribution is 2.12. The topological polar surface area (TPSA) is 127 Å². The lowest BCUT2D eigenvalue weighted by Gasteiger charge is -2.32. The maximum absolute atomic E-state index is 11.9. The molecule has 2 N–H and O–H groups in total. The second kappa shape index (κ2) is 12.1. The minimum atomic E-state index is -1.19. The van der Waals surface area contributed by atoms with Gasteiger partial charge in [0.25, 0.3) is 0 Å². The summed E-state index contributed by atoms with van der Waals surface area (Å²) < 4.78 is 15.1. The SMILES string of the molecule is COCC(O)C(OC)C(OC)C(C=O)NC(=O)N(CCCl)N=O. The van der Waals surface area contributed by atoms with Crippen molar-refractivity contribution < 1.29 is 28.9 Å². The van der Waals surface area contributed by atoms with E-state index in [9.17, 15) is 19.6 Å². The molecule has 0 fully saturated rings. The van der Waals surface area contributed by atoms with Gasteiger partial charge in [-0.1, -0.05) is 0 Å². The predicted molar refractivity (Wildman–Crippen MR) is 81.1 cm³/mol. The number of aldehydes is 1. The molecule has 0 spiro atoms. The van der Waals surface area contributed by atoms with Crippen molar-refractivity contribution in [3.63, 3.8) is 0 Å². The largest absolute Gasteiger partial charge is 0.388 e. The average molecular weight is 356 g/mol. The number of nitrogens with zero attached hydrogens (tertiary/aromatic N) is 2. The fraction of sp³-hybridized carbons (Fsp3) is 0.833. The van der Waals surface area contributed by atoms with Crippen LogP contribution in [-0.2, 0) is 19.0 Å². The van der Waals surface area contributed by atoms with Crippen molar-refractivity contribution in [3.8, 4) is 0 Å². The summed E-state index contributed by atoms with van der Waals surface area (Å²) in [5.41, 5.74) is 0. The summed E-state index contributed by atoms with van der Waals surface area (Å²) in [4.78, 5) is 33.8. The van der Waals surface area contributed by atoms with Gasteiger partial charge in [0.1, 0.15) is 30.6 Å². The zero-order chi connectivity index (χ0) is 17.8. The average Bonchev–Trinajstić information content (AvgIpc) is 2.55. The van der Waals surface area contributed by atoms with E-state index in [0.29, 0.717) is 11.3 Å². The van der Waals surface area contributed by atoms with Crippen molar-refractivity contribution in [3.05, 3.63) is 4.91 Å². The van der Waals surface area contributed by atoms with Gasteiger partial charge in [0, 0.05) is 27.2 Å². The fourth-order valence-electron chi connectivity index (χ4n) is 1.93. The molecule has 0 saturated carbocycles. The Hall–Kier alpha value is -1.33. The molecule has 0 radical (unpaired) electrons. The number of urea groups is 1. The quantitative estimate of drug-likeness (QED) is 0.209. The van der Waals surface area contributed by atoms with Crippen molar-refractivity contribution in [2.45, 2.75) is 24.4 Å². The van der Waals surface area contributed by atoms with Crippen molar-refractivity contribution >= 4 is 23.9 Å². The molecule has 0 rings (SSSR count). The van der Waals surface area contributed by atoms with E-state index >= 15 is 0 Å². The molecular formula is C12H22ClN3O7. The molecule has 0 aromatic carbocycles. The number of alkyl halides is 1. The van der Waals surface area contributed by atoms with Crippen molar-refractivity contribution in [2.24, 2.45) is 5.29 Å². The Morgan fingerprint density at radius 2 is 1.96 bits per heavy atom. The normalized spacial score (nSPS) is 16.0. The molecule has 0 aliphatic carbocycles. The predicted octanol–water partition coefficient (Wildman–Crippen LogP) is -0.477. The van der Waals surface area contributed by atoms with Gasteiger partial charge in [0.05, 0.1) is 18.4 Å². The van der Waals surface area contributed by atoms with Crippen LogP contribution < -0.4 is 5.32 Å². The Bertz CT molecular complexity index is 375. The molecule has 0 aliphatic rings. The number of carbonyl (C=O) groups excluding carboxylic acids is 2. The zero-order valence-electron chi connectivity index (χ0n) is 13.2. The lowest BCUT2D eigenvalue weighted by atomic mass is 10.0. The molecule has 4 atom stereocenters. The first-order valence-electron chi connectivity index (χ1n) is 6.65. The molecule has 134 valence electrons. The van der Waals surface area contributed by atoms with Crippen LogP contribution in [0.25, 0.3) is 0 Å². The molecule has 0 heterocycles. The summed E-state index contributed by atoms with van der Waals surface area (Å²) in [5.74, 6) is -0.00806. The fourth-order valence-corrected chi connectivity index (χ4v) is 2.09. The molecule has 10 nitrogen and oxygen atoms in total. The maximum atomic E-state index is 11.9. The highest BCUT2D eigenvalue weighted by atomic mass is 35.5. The summed E-state index contributed by atoms with van der Waals surface area (Å²) >= 11 is 5.45. The van der Waals surface area contributed by atoms with Crippen molar-refractivity contribution in [2.75, 3.05) is 40.4 Å². The molecule has 0 aliphatic heterocycles. The van der Waals surface area contributed by atoms with Crippen LogP contribution in [0, 0.1) is 4.91 Å². The number of nitroso groups, excluding NO2 is 1. The van der Waals surface area contributed by atoms with Crippen LogP contribution in [0.4, 0.5) is 4.79 Å². The minimum Gasteiger partial charge on any atom is -0.388 e. The lowest BCUT2D eigenvalue weighted by Crippen LogP contribution is -2.56. The Kier molecular flexibility index (Phi) is 11.4. The van der Waals surface area contributed by atoms with Crippen LogP contribution in [0.15, 0.2) is 5.29 Å². The van der Waals surface area contributed by atoms with Crippen LogP contribution >= 0.6 is 11.6 Å². The first-order chi connectivity index (χ1) is 11.0. The second-order valence-electron chi connectivity index (χ2n) is 4.43. The summed E-state index contributed by atoms with van der Waals surface area (Å²) in [6.45, 7) is -0.188. The number of aliphatic hydroxyl groups excluding tert-OH is 1. The molecule has 2 amide bonds. The number of ether oxygens (including phenoxy) is 3. The number of nitrogens with one attached hydrogen (secondary N) is 1. The third-order valence-corrected chi connectivity index (χ3v) is 3.17. The van der Waals surface area contributed by atoms with E-state index in [4.69, 9.17) is 25.8 Å². The van der Waals surface area contributed by atoms with Gasteiger partial charge in [-0.2, -0.15) is 5.01 Å². The first-order valence-corrected chi connectivity index (χ1v) is 7.19. The van der Waals surface area contributed by atoms with E-state index in [2.05, 4.69) is 10.6 Å². The summed E-state index contributed by atoms with van der Waals surface area (Å²) in [7, 11) is 3.98. The molecule has 0 aromatic heterocycles. The van der Waals surface area contributed by atoms with Gasteiger partial charge < -0.3 is 29.4 Å². The summed E-state index contributed by atoms with van der Waals surface area (Å²) in [5, 5.41) is 15.3. The van der Waals surface area contributed by atoms with Gasteiger partial charge in [-0.05, 0) is 0 Å². The van der Waals surface area contributed by atoms with Gasteiger partial charge in [0.15, 0.2) is 0 Å². The molecule has 11 heteroatoms.